The molecule has 0 saturated carbocycles. The number of aromatic hydroxyl groups is 2. The van der Waals surface area contributed by atoms with Crippen molar-refractivity contribution in [3.63, 3.8) is 0 Å². The fourth-order valence-corrected chi connectivity index (χ4v) is 6.29. The fraction of sp³-hybridized carbons (Fsp3) is 0.0909. The number of nitrogens with zero attached hydrogens (tertiary/aromatic N) is 4. The van der Waals surface area contributed by atoms with Crippen molar-refractivity contribution in [3.8, 4) is 33.9 Å². The van der Waals surface area contributed by atoms with Crippen molar-refractivity contribution in [1.82, 2.24) is 29.8 Å². The van der Waals surface area contributed by atoms with E-state index in [0.717, 1.165) is 14.2 Å². The quantitative estimate of drug-likeness (QED) is 0.186. The molecule has 2 aromatic heterocycles. The molecule has 0 radical (unpaired) electrons. The van der Waals surface area contributed by atoms with Gasteiger partial charge in [-0.25, -0.2) is 18.1 Å². The van der Waals surface area contributed by atoms with E-state index >= 15 is 0 Å². The fourth-order valence-electron chi connectivity index (χ4n) is 3.96. The molecular formula is C22H20N8O8S2. The number of nitrogens with one attached hydrogen (secondary N) is 4. The molecule has 0 bridgehead atoms. The molecule has 2 aromatic carbocycles. The maximum atomic E-state index is 11.7. The van der Waals surface area contributed by atoms with Crippen LogP contribution >= 0.6 is 0 Å². The third-order valence-corrected chi connectivity index (χ3v) is 8.56. The summed E-state index contributed by atoms with van der Waals surface area (Å²) in [6.07, 6.45) is 4.78. The average molecular weight is 589 g/mol. The number of phenolic OH excluding ortho intramolecular Hbond substituents is 2. The number of amides is 2. The molecule has 2 aliphatic rings. The molecule has 0 spiro atoms. The lowest BCUT2D eigenvalue weighted by Crippen LogP contribution is -2.29. The van der Waals surface area contributed by atoms with Crippen LogP contribution < -0.4 is 18.1 Å². The molecule has 4 heterocycles. The van der Waals surface area contributed by atoms with E-state index in [4.69, 9.17) is 0 Å². The highest BCUT2D eigenvalue weighted by Crippen LogP contribution is 2.35. The molecule has 2 fully saturated rings. The highest BCUT2D eigenvalue weighted by Gasteiger charge is 2.36. The number of benzene rings is 2. The molecule has 2 aliphatic heterocycles. The van der Waals surface area contributed by atoms with Crippen molar-refractivity contribution in [2.75, 3.05) is 21.7 Å². The van der Waals surface area contributed by atoms with Gasteiger partial charge < -0.3 is 10.2 Å². The van der Waals surface area contributed by atoms with Gasteiger partial charge in [-0.3, -0.25) is 19.8 Å². The molecule has 6 rings (SSSR count). The highest BCUT2D eigenvalue weighted by atomic mass is 32.2. The molecular weight excluding hydrogens is 568 g/mol. The molecule has 0 unspecified atom stereocenters. The van der Waals surface area contributed by atoms with E-state index in [0.29, 0.717) is 16.8 Å². The first kappa shape index (κ1) is 26.5. The summed E-state index contributed by atoms with van der Waals surface area (Å²) in [5.74, 6) is -1.74. The van der Waals surface area contributed by atoms with E-state index in [1.54, 1.807) is 36.8 Å². The van der Waals surface area contributed by atoms with Crippen molar-refractivity contribution in [2.24, 2.45) is 0 Å². The number of aromatic amines is 2. The van der Waals surface area contributed by atoms with Gasteiger partial charge in [0.2, 0.25) is 0 Å². The number of rotatable bonds is 4. The maximum Gasteiger partial charge on any atom is 0.326 e. The van der Waals surface area contributed by atoms with Crippen LogP contribution in [0.4, 0.5) is 11.4 Å². The van der Waals surface area contributed by atoms with Crippen LogP contribution in [-0.2, 0) is 30.0 Å². The van der Waals surface area contributed by atoms with Gasteiger partial charge in [0.25, 0.3) is 11.8 Å². The van der Waals surface area contributed by atoms with Crippen LogP contribution in [0.15, 0.2) is 61.1 Å². The third kappa shape index (κ3) is 5.12. The summed E-state index contributed by atoms with van der Waals surface area (Å²) in [6, 6.07) is 10.7. The monoisotopic (exact) mass is 588 g/mol. The summed E-state index contributed by atoms with van der Waals surface area (Å²) in [7, 11) is -7.85. The number of carbonyl (C=O) groups excluding carboxylic acids is 2. The second-order valence-corrected chi connectivity index (χ2v) is 11.6. The summed E-state index contributed by atoms with van der Waals surface area (Å²) in [5.41, 5.74) is 2.87. The molecule has 2 saturated heterocycles. The SMILES string of the molecule is O=C1CN(c2ccc(-c3ccn[nH]3)cc2O)S(=O)(=O)N1.O=C1CN(c2ccc(-c3cn[nH]c3)cc2O)S(=O)(=O)N1. The van der Waals surface area contributed by atoms with Gasteiger partial charge in [0, 0.05) is 23.5 Å². The summed E-state index contributed by atoms with van der Waals surface area (Å²) < 4.78 is 52.2. The first-order chi connectivity index (χ1) is 18.9. The molecule has 18 heteroatoms. The van der Waals surface area contributed by atoms with E-state index in [1.807, 2.05) is 9.44 Å². The van der Waals surface area contributed by atoms with E-state index in [9.17, 15) is 36.6 Å². The predicted molar refractivity (Wildman–Crippen MR) is 140 cm³/mol. The smallest absolute Gasteiger partial charge is 0.326 e. The Morgan fingerprint density at radius 1 is 0.725 bits per heavy atom. The zero-order chi connectivity index (χ0) is 28.7. The first-order valence-electron chi connectivity index (χ1n) is 11.3. The Balaban J connectivity index is 0.000000161. The Kier molecular flexibility index (Phi) is 6.56. The van der Waals surface area contributed by atoms with Crippen LogP contribution in [0.5, 0.6) is 11.5 Å². The van der Waals surface area contributed by atoms with Crippen LogP contribution in [0.2, 0.25) is 0 Å². The summed E-state index contributed by atoms with van der Waals surface area (Å²) in [6.45, 7) is -0.694. The van der Waals surface area contributed by atoms with E-state index in [2.05, 4.69) is 20.4 Å². The Morgan fingerprint density at radius 3 is 1.70 bits per heavy atom. The number of hydrogen-bond acceptors (Lipinski definition) is 10. The summed E-state index contributed by atoms with van der Waals surface area (Å²) in [5, 5.41) is 32.9. The molecule has 208 valence electrons. The Hall–Kier alpha value is -5.10. The third-order valence-electron chi connectivity index (χ3n) is 5.77. The van der Waals surface area contributed by atoms with Crippen molar-refractivity contribution in [2.45, 2.75) is 0 Å². The number of hydrogen-bond donors (Lipinski definition) is 6. The number of H-pyrrole nitrogens is 2. The lowest BCUT2D eigenvalue weighted by molar-refractivity contribution is -0.118. The normalized spacial score (nSPS) is 17.2. The second kappa shape index (κ2) is 9.89. The number of anilines is 2. The summed E-state index contributed by atoms with van der Waals surface area (Å²) >= 11 is 0. The molecule has 4 aromatic rings. The van der Waals surface area contributed by atoms with Gasteiger partial charge in [-0.2, -0.15) is 27.0 Å². The lowest BCUT2D eigenvalue weighted by Gasteiger charge is -2.16. The zero-order valence-corrected chi connectivity index (χ0v) is 21.8. The predicted octanol–water partition coefficient (Wildman–Crippen LogP) is -0.0734. The lowest BCUT2D eigenvalue weighted by atomic mass is 10.1. The largest absolute Gasteiger partial charge is 0.506 e. The Bertz CT molecular complexity index is 1670. The molecule has 0 atom stereocenters. The van der Waals surface area contributed by atoms with E-state index in [1.165, 1.54) is 24.3 Å². The highest BCUT2D eigenvalue weighted by molar-refractivity contribution is 7.92. The molecule has 2 amide bonds. The van der Waals surface area contributed by atoms with E-state index < -0.39 is 32.2 Å². The minimum absolute atomic E-state index is 0.0478. The van der Waals surface area contributed by atoms with Gasteiger partial charge >= 0.3 is 20.4 Å². The van der Waals surface area contributed by atoms with Gasteiger partial charge in [-0.05, 0) is 35.9 Å². The molecule has 0 aliphatic carbocycles. The number of aromatic nitrogens is 4. The van der Waals surface area contributed by atoms with Crippen LogP contribution in [0.25, 0.3) is 22.4 Å². The van der Waals surface area contributed by atoms with Crippen molar-refractivity contribution in [3.05, 3.63) is 61.1 Å². The average Bonchev–Trinajstić information content (AvgIpc) is 3.67. The van der Waals surface area contributed by atoms with Crippen LogP contribution in [-0.4, -0.2) is 72.3 Å². The van der Waals surface area contributed by atoms with Crippen LogP contribution in [0, 0.1) is 0 Å². The second-order valence-electron chi connectivity index (χ2n) is 8.44. The number of carbonyl (C=O) groups is 2. The minimum atomic E-state index is -3.92. The zero-order valence-electron chi connectivity index (χ0n) is 20.1. The van der Waals surface area contributed by atoms with Gasteiger partial charge in [0.1, 0.15) is 24.6 Å². The van der Waals surface area contributed by atoms with Crippen LogP contribution in [0.3, 0.4) is 0 Å². The van der Waals surface area contributed by atoms with E-state index in [-0.39, 0.29) is 36.0 Å². The Morgan fingerprint density at radius 2 is 1.27 bits per heavy atom. The molecule has 40 heavy (non-hydrogen) atoms. The van der Waals surface area contributed by atoms with Crippen molar-refractivity contribution >= 4 is 43.6 Å². The summed E-state index contributed by atoms with van der Waals surface area (Å²) in [4.78, 5) is 22.4. The topological polar surface area (TPSA) is 231 Å². The van der Waals surface area contributed by atoms with Gasteiger partial charge in [-0.1, -0.05) is 12.1 Å². The van der Waals surface area contributed by atoms with Gasteiger partial charge in [0.15, 0.2) is 0 Å². The van der Waals surface area contributed by atoms with Gasteiger partial charge in [0.05, 0.1) is 23.3 Å². The minimum Gasteiger partial charge on any atom is -0.506 e. The van der Waals surface area contributed by atoms with Crippen molar-refractivity contribution in [1.29, 1.82) is 0 Å². The molecule has 16 nitrogen and oxygen atoms in total. The first-order valence-corrected chi connectivity index (χ1v) is 14.1. The standard InChI is InChI=1S/2C11H10N4O4S/c16-10-3-7(8-4-12-13-5-8)1-2-9(10)15-6-11(17)14-20(15,18)19;16-10-5-7(8-3-4-12-13-8)1-2-9(10)15-6-11(17)14-20(15,18)19/h2*1-5,16H,6H2,(H,12,13)(H,14,17). The van der Waals surface area contributed by atoms with Gasteiger partial charge in [-0.15, -0.1) is 0 Å². The number of phenols is 2. The van der Waals surface area contributed by atoms with Crippen LogP contribution in [0.1, 0.15) is 0 Å². The maximum absolute atomic E-state index is 11.7. The Labute approximate surface area is 226 Å². The van der Waals surface area contributed by atoms with Crippen molar-refractivity contribution < 1.29 is 36.6 Å². The molecule has 6 N–H and O–H groups in total.